The van der Waals surface area contributed by atoms with Crippen LogP contribution in [0, 0.1) is 6.92 Å². The van der Waals surface area contributed by atoms with Crippen molar-refractivity contribution in [2.24, 2.45) is 0 Å². The van der Waals surface area contributed by atoms with Crippen LogP contribution >= 0.6 is 0 Å². The van der Waals surface area contributed by atoms with E-state index in [0.717, 1.165) is 36.3 Å². The average Bonchev–Trinajstić information content (AvgIpc) is 2.49. The van der Waals surface area contributed by atoms with Crippen molar-refractivity contribution in [2.75, 3.05) is 12.4 Å². The highest BCUT2D eigenvalue weighted by Gasteiger charge is 2.47. The fourth-order valence-corrected chi connectivity index (χ4v) is 3.08. The van der Waals surface area contributed by atoms with E-state index >= 15 is 0 Å². The van der Waals surface area contributed by atoms with Crippen LogP contribution in [-0.4, -0.2) is 13.0 Å². The normalized spacial score (nSPS) is 15.7. The Morgan fingerprint density at radius 3 is 2.36 bits per heavy atom. The van der Waals surface area contributed by atoms with Crippen LogP contribution in [0.3, 0.4) is 0 Å². The van der Waals surface area contributed by atoms with Crippen LogP contribution < -0.4 is 10.1 Å². The molecular weight excluding hydrogens is 274 g/mol. The van der Waals surface area contributed by atoms with Crippen molar-refractivity contribution in [3.63, 3.8) is 0 Å². The molecule has 114 valence electrons. The molecule has 2 aromatic carbocycles. The molecular formula is C19H21NO2. The number of hydrogen-bond donors (Lipinski definition) is 1. The number of nitrogens with one attached hydrogen (secondary N) is 1. The second-order valence-corrected chi connectivity index (χ2v) is 5.96. The van der Waals surface area contributed by atoms with Crippen LogP contribution in [0.5, 0.6) is 5.75 Å². The van der Waals surface area contributed by atoms with Gasteiger partial charge in [0.25, 0.3) is 0 Å². The zero-order valence-electron chi connectivity index (χ0n) is 13.1. The zero-order valence-corrected chi connectivity index (χ0v) is 13.1. The maximum atomic E-state index is 12.9. The molecule has 0 unspecified atom stereocenters. The van der Waals surface area contributed by atoms with E-state index in [4.69, 9.17) is 4.74 Å². The molecule has 1 aliphatic carbocycles. The third-order valence-corrected chi connectivity index (χ3v) is 4.57. The summed E-state index contributed by atoms with van der Waals surface area (Å²) < 4.78 is 5.46. The van der Waals surface area contributed by atoms with Gasteiger partial charge in [0.1, 0.15) is 5.75 Å². The first kappa shape index (κ1) is 14.6. The van der Waals surface area contributed by atoms with Crippen LogP contribution in [0.2, 0.25) is 0 Å². The average molecular weight is 295 g/mol. The van der Waals surface area contributed by atoms with Crippen molar-refractivity contribution >= 4 is 11.6 Å². The third-order valence-electron chi connectivity index (χ3n) is 4.57. The van der Waals surface area contributed by atoms with Gasteiger partial charge in [0, 0.05) is 11.3 Å². The largest absolute Gasteiger partial charge is 0.496 e. The first-order valence-corrected chi connectivity index (χ1v) is 7.67. The highest BCUT2D eigenvalue weighted by Crippen LogP contribution is 2.47. The van der Waals surface area contributed by atoms with Gasteiger partial charge in [-0.15, -0.1) is 0 Å². The number of para-hydroxylation sites is 1. The summed E-state index contributed by atoms with van der Waals surface area (Å²) in [6, 6.07) is 15.7. The summed E-state index contributed by atoms with van der Waals surface area (Å²) in [6.45, 7) is 2.04. The Morgan fingerprint density at radius 2 is 1.77 bits per heavy atom. The van der Waals surface area contributed by atoms with E-state index in [2.05, 4.69) is 5.32 Å². The molecule has 3 nitrogen and oxygen atoms in total. The van der Waals surface area contributed by atoms with Crippen LogP contribution in [-0.2, 0) is 10.2 Å². The summed E-state index contributed by atoms with van der Waals surface area (Å²) in [5, 5.41) is 3.07. The molecule has 1 N–H and O–H groups in total. The van der Waals surface area contributed by atoms with E-state index in [1.807, 2.05) is 55.5 Å². The zero-order chi connectivity index (χ0) is 15.6. The maximum Gasteiger partial charge on any atom is 0.235 e. The van der Waals surface area contributed by atoms with Gasteiger partial charge in [-0.05, 0) is 38.0 Å². The molecule has 1 saturated carbocycles. The van der Waals surface area contributed by atoms with E-state index in [-0.39, 0.29) is 5.91 Å². The molecule has 0 radical (unpaired) electrons. The summed E-state index contributed by atoms with van der Waals surface area (Å²) in [5.41, 5.74) is 2.56. The molecule has 0 bridgehead atoms. The van der Waals surface area contributed by atoms with Crippen LogP contribution in [0.25, 0.3) is 0 Å². The minimum absolute atomic E-state index is 0.0621. The lowest BCUT2D eigenvalue weighted by atomic mass is 9.63. The molecule has 22 heavy (non-hydrogen) atoms. The van der Waals surface area contributed by atoms with Gasteiger partial charge in [-0.2, -0.15) is 0 Å². The van der Waals surface area contributed by atoms with Gasteiger partial charge in [0.2, 0.25) is 5.91 Å². The van der Waals surface area contributed by atoms with Gasteiger partial charge in [-0.25, -0.2) is 0 Å². The molecule has 0 heterocycles. The smallest absolute Gasteiger partial charge is 0.235 e. The second kappa shape index (κ2) is 5.84. The molecule has 0 spiro atoms. The Balaban J connectivity index is 1.89. The van der Waals surface area contributed by atoms with Gasteiger partial charge < -0.3 is 10.1 Å². The van der Waals surface area contributed by atoms with Crippen molar-refractivity contribution in [3.8, 4) is 5.75 Å². The third kappa shape index (κ3) is 2.47. The van der Waals surface area contributed by atoms with Crippen LogP contribution in [0.15, 0.2) is 48.5 Å². The number of hydrogen-bond acceptors (Lipinski definition) is 2. The van der Waals surface area contributed by atoms with Crippen molar-refractivity contribution in [3.05, 3.63) is 59.7 Å². The van der Waals surface area contributed by atoms with Crippen molar-refractivity contribution < 1.29 is 9.53 Å². The highest BCUT2D eigenvalue weighted by atomic mass is 16.5. The summed E-state index contributed by atoms with van der Waals surface area (Å²) in [4.78, 5) is 12.9. The Kier molecular flexibility index (Phi) is 3.88. The van der Waals surface area contributed by atoms with Gasteiger partial charge in [-0.3, -0.25) is 4.79 Å². The van der Waals surface area contributed by atoms with Gasteiger partial charge in [0.15, 0.2) is 0 Å². The molecule has 0 atom stereocenters. The minimum atomic E-state index is -0.461. The number of aryl methyl sites for hydroxylation is 1. The van der Waals surface area contributed by atoms with E-state index < -0.39 is 5.41 Å². The first-order chi connectivity index (χ1) is 10.7. The Labute approximate surface area is 131 Å². The molecule has 2 aromatic rings. The number of carbonyl (C=O) groups is 1. The topological polar surface area (TPSA) is 38.3 Å². The predicted octanol–water partition coefficient (Wildman–Crippen LogP) is 4.06. The number of benzene rings is 2. The molecule has 1 amide bonds. The molecule has 0 aromatic heterocycles. The summed E-state index contributed by atoms with van der Waals surface area (Å²) in [7, 11) is 1.66. The SMILES string of the molecule is COc1ccccc1C1(C(=O)Nc2ccc(C)cc2)CCC1. The number of carbonyl (C=O) groups excluding carboxylic acids is 1. The predicted molar refractivity (Wildman–Crippen MR) is 88.3 cm³/mol. The van der Waals surface area contributed by atoms with Crippen LogP contribution in [0.1, 0.15) is 30.4 Å². The van der Waals surface area contributed by atoms with Gasteiger partial charge in [0.05, 0.1) is 12.5 Å². The number of methoxy groups -OCH3 is 1. The Bertz CT molecular complexity index is 672. The number of rotatable bonds is 4. The highest BCUT2D eigenvalue weighted by molar-refractivity contribution is 6.00. The Morgan fingerprint density at radius 1 is 1.09 bits per heavy atom. The summed E-state index contributed by atoms with van der Waals surface area (Å²) in [5.74, 6) is 0.855. The Hall–Kier alpha value is -2.29. The molecule has 3 heteroatoms. The molecule has 1 fully saturated rings. The fourth-order valence-electron chi connectivity index (χ4n) is 3.08. The summed E-state index contributed by atoms with van der Waals surface area (Å²) in [6.07, 6.45) is 2.80. The van der Waals surface area contributed by atoms with E-state index in [9.17, 15) is 4.79 Å². The molecule has 0 saturated heterocycles. The fraction of sp³-hybridized carbons (Fsp3) is 0.316. The van der Waals surface area contributed by atoms with Gasteiger partial charge in [-0.1, -0.05) is 42.3 Å². The number of ether oxygens (including phenoxy) is 1. The number of amides is 1. The van der Waals surface area contributed by atoms with E-state index in [0.29, 0.717) is 0 Å². The second-order valence-electron chi connectivity index (χ2n) is 5.96. The number of anilines is 1. The monoisotopic (exact) mass is 295 g/mol. The first-order valence-electron chi connectivity index (χ1n) is 7.67. The molecule has 1 aliphatic rings. The lowest BCUT2D eigenvalue weighted by Gasteiger charge is -2.41. The van der Waals surface area contributed by atoms with Gasteiger partial charge >= 0.3 is 0 Å². The lowest BCUT2D eigenvalue weighted by molar-refractivity contribution is -0.124. The molecule has 0 aliphatic heterocycles. The van der Waals surface area contributed by atoms with E-state index in [1.54, 1.807) is 7.11 Å². The van der Waals surface area contributed by atoms with Crippen molar-refractivity contribution in [2.45, 2.75) is 31.6 Å². The van der Waals surface area contributed by atoms with Crippen molar-refractivity contribution in [1.82, 2.24) is 0 Å². The maximum absolute atomic E-state index is 12.9. The lowest BCUT2D eigenvalue weighted by Crippen LogP contribution is -2.46. The minimum Gasteiger partial charge on any atom is -0.496 e. The standard InChI is InChI=1S/C19H21NO2/c1-14-8-10-15(11-9-14)20-18(21)19(12-5-13-19)16-6-3-4-7-17(16)22-2/h3-4,6-11H,5,12-13H2,1-2H3,(H,20,21). The molecule has 3 rings (SSSR count). The summed E-state index contributed by atoms with van der Waals surface area (Å²) >= 11 is 0. The van der Waals surface area contributed by atoms with E-state index in [1.165, 1.54) is 5.56 Å². The van der Waals surface area contributed by atoms with Crippen LogP contribution in [0.4, 0.5) is 5.69 Å². The quantitative estimate of drug-likeness (QED) is 0.923. The van der Waals surface area contributed by atoms with Crippen molar-refractivity contribution in [1.29, 1.82) is 0 Å².